The maximum Gasteiger partial charge on any atom is 0.313 e. The van der Waals surface area contributed by atoms with Crippen LogP contribution in [0.25, 0.3) is 0 Å². The molecule has 0 aliphatic heterocycles. The highest BCUT2D eigenvalue weighted by Gasteiger charge is 2.06. The van der Waals surface area contributed by atoms with Gasteiger partial charge in [0.15, 0.2) is 0 Å². The number of alkyl halides is 2. The van der Waals surface area contributed by atoms with Crippen LogP contribution in [0, 0.1) is 0 Å². The van der Waals surface area contributed by atoms with Gasteiger partial charge in [-0.1, -0.05) is 0 Å². The van der Waals surface area contributed by atoms with Crippen molar-refractivity contribution in [1.82, 2.24) is 0 Å². The molecule has 18 heavy (non-hydrogen) atoms. The minimum Gasteiger partial charge on any atom is -0.481 e. The summed E-state index contributed by atoms with van der Waals surface area (Å²) < 4.78 is 0. The van der Waals surface area contributed by atoms with Crippen LogP contribution < -0.4 is 4.90 Å². The molecule has 1 rings (SSSR count). The van der Waals surface area contributed by atoms with E-state index in [1.807, 2.05) is 24.3 Å². The van der Waals surface area contributed by atoms with Gasteiger partial charge in [0, 0.05) is 35.4 Å². The number of carbonyl (C=O) groups is 1. The first-order valence-electron chi connectivity index (χ1n) is 5.49. The highest BCUT2D eigenvalue weighted by atomic mass is 35.5. The van der Waals surface area contributed by atoms with E-state index in [0.29, 0.717) is 11.8 Å². The number of anilines is 1. The lowest BCUT2D eigenvalue weighted by Gasteiger charge is -2.22. The normalized spacial score (nSPS) is 10.3. The number of aliphatic carboxylic acids is 1. The zero-order chi connectivity index (χ0) is 13.4. The SMILES string of the molecule is O=C(O)CSc1ccc(N(CCCl)CCCl)cc1. The zero-order valence-electron chi connectivity index (χ0n) is 9.81. The van der Waals surface area contributed by atoms with Crippen molar-refractivity contribution >= 4 is 46.6 Å². The van der Waals surface area contributed by atoms with E-state index >= 15 is 0 Å². The van der Waals surface area contributed by atoms with Crippen molar-refractivity contribution < 1.29 is 9.90 Å². The predicted molar refractivity (Wildman–Crippen MR) is 78.5 cm³/mol. The van der Waals surface area contributed by atoms with E-state index < -0.39 is 5.97 Å². The van der Waals surface area contributed by atoms with Gasteiger partial charge in [0.2, 0.25) is 0 Å². The molecule has 0 amide bonds. The van der Waals surface area contributed by atoms with Gasteiger partial charge in [-0.3, -0.25) is 4.79 Å². The van der Waals surface area contributed by atoms with Crippen LogP contribution in [0.15, 0.2) is 29.2 Å². The summed E-state index contributed by atoms with van der Waals surface area (Å²) in [6, 6.07) is 7.75. The second kappa shape index (κ2) is 8.51. The highest BCUT2D eigenvalue weighted by Crippen LogP contribution is 2.22. The van der Waals surface area contributed by atoms with Crippen molar-refractivity contribution in [2.75, 3.05) is 35.5 Å². The number of benzene rings is 1. The number of carboxylic acid groups (broad SMARTS) is 1. The fourth-order valence-electron chi connectivity index (χ4n) is 1.47. The van der Waals surface area contributed by atoms with Gasteiger partial charge in [-0.2, -0.15) is 0 Å². The van der Waals surface area contributed by atoms with Crippen LogP contribution >= 0.6 is 35.0 Å². The number of thioether (sulfide) groups is 1. The number of rotatable bonds is 8. The first-order chi connectivity index (χ1) is 8.67. The van der Waals surface area contributed by atoms with E-state index in [0.717, 1.165) is 23.7 Å². The monoisotopic (exact) mass is 307 g/mol. The molecule has 0 saturated carbocycles. The second-order valence-electron chi connectivity index (χ2n) is 3.54. The summed E-state index contributed by atoms with van der Waals surface area (Å²) in [5.41, 5.74) is 1.05. The summed E-state index contributed by atoms with van der Waals surface area (Å²) in [5, 5.41) is 8.60. The summed E-state index contributed by atoms with van der Waals surface area (Å²) in [4.78, 5) is 13.5. The molecule has 0 unspecified atom stereocenters. The fraction of sp³-hybridized carbons (Fsp3) is 0.417. The molecular weight excluding hydrogens is 293 g/mol. The maximum atomic E-state index is 10.5. The molecule has 0 heterocycles. The molecule has 6 heteroatoms. The molecule has 0 radical (unpaired) electrons. The average molecular weight is 308 g/mol. The molecule has 100 valence electrons. The van der Waals surface area contributed by atoms with Gasteiger partial charge < -0.3 is 10.0 Å². The first kappa shape index (κ1) is 15.5. The molecule has 1 aromatic carbocycles. The average Bonchev–Trinajstić information content (AvgIpc) is 2.37. The van der Waals surface area contributed by atoms with Gasteiger partial charge in [0.1, 0.15) is 0 Å². The number of carboxylic acids is 1. The summed E-state index contributed by atoms with van der Waals surface area (Å²) in [6.07, 6.45) is 0. The second-order valence-corrected chi connectivity index (χ2v) is 5.35. The van der Waals surface area contributed by atoms with Gasteiger partial charge in [0.05, 0.1) is 5.75 Å². The molecule has 1 N–H and O–H groups in total. The Hall–Kier alpha value is -0.580. The minimum absolute atomic E-state index is 0.0758. The summed E-state index contributed by atoms with van der Waals surface area (Å²) in [6.45, 7) is 1.49. The quantitative estimate of drug-likeness (QED) is 0.591. The molecule has 0 spiro atoms. The van der Waals surface area contributed by atoms with Crippen molar-refractivity contribution in [2.45, 2.75) is 4.90 Å². The summed E-state index contributed by atoms with van der Waals surface area (Å²) in [5.74, 6) is 0.362. The Morgan fingerprint density at radius 1 is 1.17 bits per heavy atom. The lowest BCUT2D eigenvalue weighted by Crippen LogP contribution is -2.27. The van der Waals surface area contributed by atoms with Gasteiger partial charge in [-0.25, -0.2) is 0 Å². The van der Waals surface area contributed by atoms with Crippen LogP contribution in [0.4, 0.5) is 5.69 Å². The Balaban J connectivity index is 2.64. The Kier molecular flexibility index (Phi) is 7.32. The maximum absolute atomic E-state index is 10.5. The van der Waals surface area contributed by atoms with Crippen LogP contribution in [-0.4, -0.2) is 41.7 Å². The van der Waals surface area contributed by atoms with Crippen LogP contribution in [0.1, 0.15) is 0 Å². The fourth-order valence-corrected chi connectivity index (χ4v) is 2.50. The van der Waals surface area contributed by atoms with E-state index in [1.54, 1.807) is 0 Å². The standard InChI is InChI=1S/C12H15Cl2NO2S/c13-5-7-15(8-6-14)10-1-3-11(4-2-10)18-9-12(16)17/h1-4H,5-9H2,(H,16,17). The minimum atomic E-state index is -0.810. The van der Waals surface area contributed by atoms with Crippen molar-refractivity contribution in [1.29, 1.82) is 0 Å². The first-order valence-corrected chi connectivity index (χ1v) is 7.54. The number of hydrogen-bond donors (Lipinski definition) is 1. The third kappa shape index (κ3) is 5.38. The van der Waals surface area contributed by atoms with Crippen molar-refractivity contribution in [3.8, 4) is 0 Å². The molecule has 0 saturated heterocycles. The smallest absolute Gasteiger partial charge is 0.313 e. The van der Waals surface area contributed by atoms with Gasteiger partial charge in [-0.05, 0) is 24.3 Å². The van der Waals surface area contributed by atoms with Crippen LogP contribution in [0.2, 0.25) is 0 Å². The Morgan fingerprint density at radius 2 is 1.72 bits per heavy atom. The molecule has 3 nitrogen and oxygen atoms in total. The van der Waals surface area contributed by atoms with Gasteiger partial charge >= 0.3 is 5.97 Å². The number of halogens is 2. The lowest BCUT2D eigenvalue weighted by atomic mass is 10.3. The molecule has 0 atom stereocenters. The van der Waals surface area contributed by atoms with Crippen LogP contribution in [0.5, 0.6) is 0 Å². The summed E-state index contributed by atoms with van der Waals surface area (Å²) >= 11 is 12.8. The lowest BCUT2D eigenvalue weighted by molar-refractivity contribution is -0.133. The predicted octanol–water partition coefficient (Wildman–Crippen LogP) is 3.15. The molecule has 0 aliphatic rings. The van der Waals surface area contributed by atoms with E-state index in [1.165, 1.54) is 11.8 Å². The van der Waals surface area contributed by atoms with E-state index in [-0.39, 0.29) is 5.75 Å². The van der Waals surface area contributed by atoms with Crippen LogP contribution in [-0.2, 0) is 4.79 Å². The van der Waals surface area contributed by atoms with Crippen molar-refractivity contribution in [3.05, 3.63) is 24.3 Å². The number of nitrogens with zero attached hydrogens (tertiary/aromatic N) is 1. The van der Waals surface area contributed by atoms with Gasteiger partial charge in [0.25, 0.3) is 0 Å². The molecule has 0 aliphatic carbocycles. The molecule has 0 bridgehead atoms. The van der Waals surface area contributed by atoms with E-state index in [9.17, 15) is 4.79 Å². The van der Waals surface area contributed by atoms with E-state index in [2.05, 4.69) is 4.90 Å². The third-order valence-corrected chi connectivity index (χ3v) is 3.61. The third-order valence-electron chi connectivity index (χ3n) is 2.27. The van der Waals surface area contributed by atoms with Crippen molar-refractivity contribution in [3.63, 3.8) is 0 Å². The zero-order valence-corrected chi connectivity index (χ0v) is 12.1. The Labute approximate surface area is 121 Å². The Bertz CT molecular complexity index is 367. The molecule has 1 aromatic rings. The van der Waals surface area contributed by atoms with Gasteiger partial charge in [-0.15, -0.1) is 35.0 Å². The van der Waals surface area contributed by atoms with E-state index in [4.69, 9.17) is 28.3 Å². The number of hydrogen-bond acceptors (Lipinski definition) is 3. The topological polar surface area (TPSA) is 40.5 Å². The molecule has 0 fully saturated rings. The highest BCUT2D eigenvalue weighted by molar-refractivity contribution is 8.00. The van der Waals surface area contributed by atoms with Crippen molar-refractivity contribution in [2.24, 2.45) is 0 Å². The molecule has 0 aromatic heterocycles. The largest absolute Gasteiger partial charge is 0.481 e. The summed E-state index contributed by atoms with van der Waals surface area (Å²) in [7, 11) is 0. The molecular formula is C12H15Cl2NO2S. The van der Waals surface area contributed by atoms with Crippen LogP contribution in [0.3, 0.4) is 0 Å². The Morgan fingerprint density at radius 3 is 2.17 bits per heavy atom.